The van der Waals surface area contributed by atoms with E-state index in [9.17, 15) is 4.79 Å². The van der Waals surface area contributed by atoms with Crippen molar-refractivity contribution in [2.75, 3.05) is 19.6 Å². The summed E-state index contributed by atoms with van der Waals surface area (Å²) in [5.41, 5.74) is 1.96. The molecule has 2 amide bonds. The predicted octanol–water partition coefficient (Wildman–Crippen LogP) is 3.59. The van der Waals surface area contributed by atoms with E-state index in [4.69, 9.17) is 4.42 Å². The lowest BCUT2D eigenvalue weighted by Crippen LogP contribution is -2.48. The fourth-order valence-corrected chi connectivity index (χ4v) is 3.49. The van der Waals surface area contributed by atoms with Gasteiger partial charge in [0.2, 0.25) is 0 Å². The maximum absolute atomic E-state index is 12.3. The van der Waals surface area contributed by atoms with E-state index in [1.54, 1.807) is 0 Å². The Morgan fingerprint density at radius 1 is 1.33 bits per heavy atom. The van der Waals surface area contributed by atoms with Gasteiger partial charge in [0.05, 0.1) is 6.04 Å². The first-order valence-corrected chi connectivity index (χ1v) is 8.86. The molecule has 0 bridgehead atoms. The van der Waals surface area contributed by atoms with Crippen LogP contribution in [0.25, 0.3) is 11.0 Å². The normalized spacial score (nSPS) is 17.8. The number of piperidine rings is 1. The van der Waals surface area contributed by atoms with E-state index >= 15 is 0 Å². The molecule has 1 aromatic heterocycles. The van der Waals surface area contributed by atoms with Crippen LogP contribution in [0.1, 0.15) is 44.1 Å². The number of amides is 2. The number of carbonyl (C=O) groups is 1. The average Bonchev–Trinajstić information content (AvgIpc) is 2.93. The van der Waals surface area contributed by atoms with E-state index < -0.39 is 0 Å². The molecular weight excluding hydrogens is 302 g/mol. The molecular formula is C19H27N3O2. The Labute approximate surface area is 143 Å². The number of aryl methyl sites for hydroxylation is 1. The highest BCUT2D eigenvalue weighted by Crippen LogP contribution is 2.29. The van der Waals surface area contributed by atoms with E-state index in [1.807, 2.05) is 38.1 Å². The molecule has 2 aromatic rings. The summed E-state index contributed by atoms with van der Waals surface area (Å²) in [6.45, 7) is 9.38. The molecule has 0 radical (unpaired) electrons. The highest BCUT2D eigenvalue weighted by atomic mass is 16.3. The highest BCUT2D eigenvalue weighted by Gasteiger charge is 2.22. The van der Waals surface area contributed by atoms with Crippen LogP contribution in [0.3, 0.4) is 0 Å². The Balaban J connectivity index is 1.58. The molecule has 0 spiro atoms. The first-order chi connectivity index (χ1) is 11.6. The van der Waals surface area contributed by atoms with Crippen molar-refractivity contribution >= 4 is 17.0 Å². The van der Waals surface area contributed by atoms with Crippen molar-refractivity contribution in [3.63, 3.8) is 0 Å². The standard InChI is InChI=1S/C19H27N3O2/c1-4-22-11-9-15(10-12-22)21-19(23)20-14(3)18-13(2)16-7-5-6-8-17(16)24-18/h5-8,14-15H,4,9-12H2,1-3H3,(H2,20,21,23). The summed E-state index contributed by atoms with van der Waals surface area (Å²) in [5, 5.41) is 7.22. The van der Waals surface area contributed by atoms with Gasteiger partial charge in [0, 0.05) is 30.1 Å². The van der Waals surface area contributed by atoms with Gasteiger partial charge in [-0.25, -0.2) is 4.79 Å². The molecule has 130 valence electrons. The fourth-order valence-electron chi connectivity index (χ4n) is 3.49. The quantitative estimate of drug-likeness (QED) is 0.901. The van der Waals surface area contributed by atoms with Crippen molar-refractivity contribution in [2.24, 2.45) is 0 Å². The van der Waals surface area contributed by atoms with Crippen molar-refractivity contribution in [3.05, 3.63) is 35.6 Å². The highest BCUT2D eigenvalue weighted by molar-refractivity contribution is 5.82. The number of benzene rings is 1. The lowest BCUT2D eigenvalue weighted by molar-refractivity contribution is 0.197. The third-order valence-electron chi connectivity index (χ3n) is 4.99. The van der Waals surface area contributed by atoms with Crippen molar-refractivity contribution in [2.45, 2.75) is 45.7 Å². The summed E-state index contributed by atoms with van der Waals surface area (Å²) in [5.74, 6) is 0.826. The van der Waals surface area contributed by atoms with Gasteiger partial charge in [0.1, 0.15) is 11.3 Å². The molecule has 1 fully saturated rings. The van der Waals surface area contributed by atoms with Gasteiger partial charge >= 0.3 is 6.03 Å². The zero-order chi connectivity index (χ0) is 17.1. The number of hydrogen-bond donors (Lipinski definition) is 2. The molecule has 2 heterocycles. The van der Waals surface area contributed by atoms with Gasteiger partial charge in [-0.05, 0) is 39.3 Å². The molecule has 2 N–H and O–H groups in total. The second-order valence-electron chi connectivity index (χ2n) is 6.64. The third kappa shape index (κ3) is 3.56. The minimum absolute atomic E-state index is 0.114. The predicted molar refractivity (Wildman–Crippen MR) is 96.2 cm³/mol. The number of rotatable bonds is 4. The Kier molecular flexibility index (Phi) is 5.09. The second kappa shape index (κ2) is 7.26. The van der Waals surface area contributed by atoms with E-state index in [1.165, 1.54) is 0 Å². The molecule has 0 aliphatic carbocycles. The average molecular weight is 329 g/mol. The van der Waals surface area contributed by atoms with Gasteiger partial charge in [-0.1, -0.05) is 25.1 Å². The largest absolute Gasteiger partial charge is 0.459 e. The van der Waals surface area contributed by atoms with Gasteiger partial charge in [0.25, 0.3) is 0 Å². The van der Waals surface area contributed by atoms with Crippen LogP contribution in [-0.2, 0) is 0 Å². The molecule has 1 aliphatic rings. The Bertz CT molecular complexity index is 702. The summed E-state index contributed by atoms with van der Waals surface area (Å²) in [4.78, 5) is 14.7. The van der Waals surface area contributed by atoms with Crippen LogP contribution in [0.2, 0.25) is 0 Å². The molecule has 1 aliphatic heterocycles. The maximum Gasteiger partial charge on any atom is 0.315 e. The van der Waals surface area contributed by atoms with Crippen LogP contribution in [0.15, 0.2) is 28.7 Å². The number of hydrogen-bond acceptors (Lipinski definition) is 3. The fraction of sp³-hybridized carbons (Fsp3) is 0.526. The van der Waals surface area contributed by atoms with Gasteiger partial charge in [-0.15, -0.1) is 0 Å². The summed E-state index contributed by atoms with van der Waals surface area (Å²) in [6, 6.07) is 7.96. The Morgan fingerprint density at radius 3 is 2.71 bits per heavy atom. The summed E-state index contributed by atoms with van der Waals surface area (Å²) < 4.78 is 5.93. The molecule has 1 unspecified atom stereocenters. The number of carbonyl (C=O) groups excluding carboxylic acids is 1. The number of nitrogens with one attached hydrogen (secondary N) is 2. The molecule has 5 heteroatoms. The smallest absolute Gasteiger partial charge is 0.315 e. The van der Waals surface area contributed by atoms with Gasteiger partial charge in [-0.2, -0.15) is 0 Å². The number of furan rings is 1. The summed E-state index contributed by atoms with van der Waals surface area (Å²) in [7, 11) is 0. The van der Waals surface area contributed by atoms with E-state index in [-0.39, 0.29) is 18.1 Å². The third-order valence-corrected chi connectivity index (χ3v) is 4.99. The number of urea groups is 1. The van der Waals surface area contributed by atoms with Gasteiger partial charge in [0.15, 0.2) is 0 Å². The minimum atomic E-state index is -0.159. The van der Waals surface area contributed by atoms with Crippen molar-refractivity contribution in [1.29, 1.82) is 0 Å². The number of nitrogens with zero attached hydrogens (tertiary/aromatic N) is 1. The zero-order valence-corrected chi connectivity index (χ0v) is 14.8. The molecule has 3 rings (SSSR count). The Morgan fingerprint density at radius 2 is 2.04 bits per heavy atom. The van der Waals surface area contributed by atoms with E-state index in [2.05, 4.69) is 22.5 Å². The van der Waals surface area contributed by atoms with Crippen LogP contribution in [0.4, 0.5) is 4.79 Å². The first-order valence-electron chi connectivity index (χ1n) is 8.86. The molecule has 24 heavy (non-hydrogen) atoms. The number of fused-ring (bicyclic) bond motifs is 1. The monoisotopic (exact) mass is 329 g/mol. The van der Waals surface area contributed by atoms with Crippen LogP contribution in [-0.4, -0.2) is 36.6 Å². The van der Waals surface area contributed by atoms with Crippen molar-refractivity contribution in [3.8, 4) is 0 Å². The Hall–Kier alpha value is -2.01. The number of likely N-dealkylation sites (tertiary alicyclic amines) is 1. The zero-order valence-electron chi connectivity index (χ0n) is 14.8. The lowest BCUT2D eigenvalue weighted by Gasteiger charge is -2.31. The van der Waals surface area contributed by atoms with E-state index in [0.717, 1.165) is 54.8 Å². The first kappa shape index (κ1) is 16.8. The van der Waals surface area contributed by atoms with Crippen molar-refractivity contribution < 1.29 is 9.21 Å². The molecule has 1 saturated heterocycles. The van der Waals surface area contributed by atoms with Crippen molar-refractivity contribution in [1.82, 2.24) is 15.5 Å². The molecule has 1 atom stereocenters. The van der Waals surface area contributed by atoms with E-state index in [0.29, 0.717) is 0 Å². The SMILES string of the molecule is CCN1CCC(NC(=O)NC(C)c2oc3ccccc3c2C)CC1. The summed E-state index contributed by atoms with van der Waals surface area (Å²) in [6.07, 6.45) is 2.03. The lowest BCUT2D eigenvalue weighted by atomic mass is 10.1. The maximum atomic E-state index is 12.3. The van der Waals surface area contributed by atoms with Crippen LogP contribution >= 0.6 is 0 Å². The van der Waals surface area contributed by atoms with Gasteiger partial charge < -0.3 is 20.0 Å². The van der Waals surface area contributed by atoms with Crippen LogP contribution < -0.4 is 10.6 Å². The second-order valence-corrected chi connectivity index (χ2v) is 6.64. The molecule has 5 nitrogen and oxygen atoms in total. The number of para-hydroxylation sites is 1. The molecule has 0 saturated carbocycles. The topological polar surface area (TPSA) is 57.5 Å². The van der Waals surface area contributed by atoms with Crippen LogP contribution in [0, 0.1) is 6.92 Å². The van der Waals surface area contributed by atoms with Gasteiger partial charge in [-0.3, -0.25) is 0 Å². The summed E-state index contributed by atoms with van der Waals surface area (Å²) >= 11 is 0. The minimum Gasteiger partial charge on any atom is -0.459 e. The molecule has 1 aromatic carbocycles. The van der Waals surface area contributed by atoms with Crippen LogP contribution in [0.5, 0.6) is 0 Å².